The summed E-state index contributed by atoms with van der Waals surface area (Å²) in [6, 6.07) is 0.721. The summed E-state index contributed by atoms with van der Waals surface area (Å²) in [6.07, 6.45) is 8.06. The Kier molecular flexibility index (Phi) is 10.1. The normalized spacial score (nSPS) is 20.6. The highest BCUT2D eigenvalue weighted by Crippen LogP contribution is 2.31. The lowest BCUT2D eigenvalue weighted by Crippen LogP contribution is -2.51. The van der Waals surface area contributed by atoms with Crippen LogP contribution in [0.3, 0.4) is 0 Å². The highest BCUT2D eigenvalue weighted by molar-refractivity contribution is 6.38. The maximum atomic E-state index is 14.0. The van der Waals surface area contributed by atoms with E-state index in [0.29, 0.717) is 19.4 Å². The molecule has 1 aromatic heterocycles. The van der Waals surface area contributed by atoms with E-state index in [9.17, 15) is 28.8 Å². The average Bonchev–Trinajstić information content (AvgIpc) is 3.66. The maximum absolute atomic E-state index is 14.0. The second-order valence-corrected chi connectivity index (χ2v) is 12.7. The number of pyridine rings is 1. The summed E-state index contributed by atoms with van der Waals surface area (Å²) >= 11 is 0. The van der Waals surface area contributed by atoms with Crippen molar-refractivity contribution in [1.29, 1.82) is 0 Å². The van der Waals surface area contributed by atoms with Gasteiger partial charge in [-0.3, -0.25) is 29.3 Å². The largest absolute Gasteiger partial charge is 0.444 e. The van der Waals surface area contributed by atoms with E-state index < -0.39 is 52.9 Å². The molecular weight excluding hydrogens is 542 g/mol. The molecular formula is C30H43N5O7. The van der Waals surface area contributed by atoms with Gasteiger partial charge in [0.25, 0.3) is 11.5 Å². The Hall–Kier alpha value is -3.70. The summed E-state index contributed by atoms with van der Waals surface area (Å²) in [5.41, 5.74) is -1.42. The fourth-order valence-corrected chi connectivity index (χ4v) is 5.65. The number of amides is 4. The molecule has 2 saturated carbocycles. The Balaban J connectivity index is 1.60. The molecule has 230 valence electrons. The number of nitrogens with zero attached hydrogens (tertiary/aromatic N) is 1. The van der Waals surface area contributed by atoms with Crippen molar-refractivity contribution in [3.05, 3.63) is 28.7 Å². The van der Waals surface area contributed by atoms with E-state index in [1.807, 2.05) is 0 Å². The van der Waals surface area contributed by atoms with Crippen LogP contribution in [0.4, 0.5) is 10.5 Å². The maximum Gasteiger partial charge on any atom is 0.412 e. The van der Waals surface area contributed by atoms with E-state index in [2.05, 4.69) is 21.3 Å². The van der Waals surface area contributed by atoms with Crippen LogP contribution in [0.15, 0.2) is 23.1 Å². The van der Waals surface area contributed by atoms with Gasteiger partial charge in [0.1, 0.15) is 17.3 Å². The van der Waals surface area contributed by atoms with E-state index in [-0.39, 0.29) is 30.0 Å². The van der Waals surface area contributed by atoms with Gasteiger partial charge in [0.15, 0.2) is 0 Å². The van der Waals surface area contributed by atoms with Crippen molar-refractivity contribution in [1.82, 2.24) is 20.5 Å². The highest BCUT2D eigenvalue weighted by atomic mass is 16.6. The lowest BCUT2D eigenvalue weighted by molar-refractivity contribution is -0.141. The standard InChI is InChI=1S/C30H43N5O7/c1-30(2,3)42-29(41)34-21-10-7-15-35(28(21)40)23(16-18-8-5-4-6-9-18)26(38)33-22(17-19-13-14-31-25(19)37)24(36)27(39)32-20-11-12-20/h7,10,15,18-20,22-23H,4-6,8-9,11-14,16-17H2,1-3H3,(H,31,37)(H,32,39)(H,33,38)(H,34,41)/t19-,22?,23-/m0/s1. The molecule has 1 aromatic rings. The zero-order valence-corrected chi connectivity index (χ0v) is 24.7. The van der Waals surface area contributed by atoms with Gasteiger partial charge < -0.3 is 25.3 Å². The molecule has 2 aliphatic carbocycles. The summed E-state index contributed by atoms with van der Waals surface area (Å²) in [4.78, 5) is 78.2. The van der Waals surface area contributed by atoms with Gasteiger partial charge in [0.2, 0.25) is 17.6 Å². The molecule has 3 fully saturated rings. The Morgan fingerprint density at radius 3 is 2.36 bits per heavy atom. The van der Waals surface area contributed by atoms with Gasteiger partial charge in [-0.25, -0.2) is 4.79 Å². The highest BCUT2D eigenvalue weighted by Gasteiger charge is 2.38. The molecule has 12 nitrogen and oxygen atoms in total. The fraction of sp³-hybridized carbons (Fsp3) is 0.667. The molecule has 4 rings (SSSR count). The van der Waals surface area contributed by atoms with Crippen molar-refractivity contribution in [2.24, 2.45) is 11.8 Å². The molecule has 1 saturated heterocycles. The number of aromatic nitrogens is 1. The predicted octanol–water partition coefficient (Wildman–Crippen LogP) is 2.57. The summed E-state index contributed by atoms with van der Waals surface area (Å²) in [6.45, 7) is 5.58. The summed E-state index contributed by atoms with van der Waals surface area (Å²) in [7, 11) is 0. The third-order valence-electron chi connectivity index (χ3n) is 7.98. The SMILES string of the molecule is CC(C)(C)OC(=O)Nc1cccn([C@@H](CC2CCCCC2)C(=O)NC(C[C@@H]2CCNC2=O)C(=O)C(=O)NC2CC2)c1=O. The van der Waals surface area contributed by atoms with Crippen molar-refractivity contribution in [2.45, 2.75) is 109 Å². The number of Topliss-reactive ketones (excluding diaryl/α,β-unsaturated/α-hetero) is 1. The van der Waals surface area contributed by atoms with Gasteiger partial charge in [0, 0.05) is 24.7 Å². The molecule has 0 radical (unpaired) electrons. The van der Waals surface area contributed by atoms with Gasteiger partial charge in [-0.05, 0) is 70.9 Å². The zero-order chi connectivity index (χ0) is 30.4. The smallest absolute Gasteiger partial charge is 0.412 e. The molecule has 4 N–H and O–H groups in total. The first-order valence-corrected chi connectivity index (χ1v) is 15.0. The van der Waals surface area contributed by atoms with E-state index in [1.54, 1.807) is 26.8 Å². The second-order valence-electron chi connectivity index (χ2n) is 12.7. The first kappa shape index (κ1) is 31.2. The van der Waals surface area contributed by atoms with Crippen molar-refractivity contribution < 1.29 is 28.7 Å². The van der Waals surface area contributed by atoms with Gasteiger partial charge >= 0.3 is 6.09 Å². The average molecular weight is 586 g/mol. The van der Waals surface area contributed by atoms with Crippen molar-refractivity contribution in [3.8, 4) is 0 Å². The van der Waals surface area contributed by atoms with E-state index in [1.165, 1.54) is 16.8 Å². The predicted molar refractivity (Wildman–Crippen MR) is 155 cm³/mol. The van der Waals surface area contributed by atoms with E-state index in [0.717, 1.165) is 44.9 Å². The van der Waals surface area contributed by atoms with Gasteiger partial charge in [-0.2, -0.15) is 0 Å². The van der Waals surface area contributed by atoms with Gasteiger partial charge in [0.05, 0.1) is 6.04 Å². The quantitative estimate of drug-likeness (QED) is 0.290. The Labute approximate surface area is 245 Å². The van der Waals surface area contributed by atoms with Crippen LogP contribution >= 0.6 is 0 Å². The van der Waals surface area contributed by atoms with Crippen molar-refractivity contribution in [3.63, 3.8) is 0 Å². The number of nitrogens with one attached hydrogen (secondary N) is 4. The van der Waals surface area contributed by atoms with Crippen LogP contribution in [0.2, 0.25) is 0 Å². The van der Waals surface area contributed by atoms with Crippen LogP contribution in [-0.2, 0) is 23.9 Å². The molecule has 1 aliphatic heterocycles. The van der Waals surface area contributed by atoms with Gasteiger partial charge in [-0.15, -0.1) is 0 Å². The number of carbonyl (C=O) groups is 5. The molecule has 4 amide bonds. The Morgan fingerprint density at radius 2 is 1.74 bits per heavy atom. The topological polar surface area (TPSA) is 165 Å². The lowest BCUT2D eigenvalue weighted by Gasteiger charge is -2.29. The first-order valence-electron chi connectivity index (χ1n) is 15.0. The molecule has 12 heteroatoms. The summed E-state index contributed by atoms with van der Waals surface area (Å²) in [5.74, 6) is -2.75. The molecule has 0 bridgehead atoms. The van der Waals surface area contributed by atoms with Crippen LogP contribution < -0.4 is 26.8 Å². The number of hydrogen-bond donors (Lipinski definition) is 4. The molecule has 3 aliphatic rings. The summed E-state index contributed by atoms with van der Waals surface area (Å²) < 4.78 is 6.55. The van der Waals surface area contributed by atoms with E-state index in [4.69, 9.17) is 4.74 Å². The monoisotopic (exact) mass is 585 g/mol. The lowest BCUT2D eigenvalue weighted by atomic mass is 9.84. The Morgan fingerprint density at radius 1 is 1.02 bits per heavy atom. The molecule has 3 atom stereocenters. The summed E-state index contributed by atoms with van der Waals surface area (Å²) in [5, 5.41) is 10.6. The number of ether oxygens (including phenoxy) is 1. The number of hydrogen-bond acceptors (Lipinski definition) is 7. The number of carbonyl (C=O) groups excluding carboxylic acids is 5. The third kappa shape index (κ3) is 8.65. The van der Waals surface area contributed by atoms with Crippen LogP contribution in [0.5, 0.6) is 0 Å². The van der Waals surface area contributed by atoms with Crippen LogP contribution in [0, 0.1) is 11.8 Å². The Bertz CT molecular complexity index is 1240. The molecule has 0 spiro atoms. The zero-order valence-electron chi connectivity index (χ0n) is 24.7. The minimum absolute atomic E-state index is 0.0141. The molecule has 1 unspecified atom stereocenters. The second kappa shape index (κ2) is 13.5. The first-order chi connectivity index (χ1) is 19.9. The minimum atomic E-state index is -1.22. The van der Waals surface area contributed by atoms with Crippen LogP contribution in [-0.4, -0.2) is 58.4 Å². The number of ketones is 1. The minimum Gasteiger partial charge on any atom is -0.444 e. The molecule has 0 aromatic carbocycles. The molecule has 2 heterocycles. The number of rotatable bonds is 11. The third-order valence-corrected chi connectivity index (χ3v) is 7.98. The van der Waals surface area contributed by atoms with E-state index >= 15 is 0 Å². The van der Waals surface area contributed by atoms with Crippen LogP contribution in [0.1, 0.15) is 91.0 Å². The number of anilines is 1. The van der Waals surface area contributed by atoms with Crippen LogP contribution in [0.25, 0.3) is 0 Å². The van der Waals surface area contributed by atoms with Gasteiger partial charge in [-0.1, -0.05) is 32.1 Å². The van der Waals surface area contributed by atoms with Crippen molar-refractivity contribution in [2.75, 3.05) is 11.9 Å². The fourth-order valence-electron chi connectivity index (χ4n) is 5.65. The molecule has 42 heavy (non-hydrogen) atoms. The van der Waals surface area contributed by atoms with Crippen molar-refractivity contribution >= 4 is 35.3 Å².